The van der Waals surface area contributed by atoms with Crippen molar-refractivity contribution in [2.75, 3.05) is 26.2 Å². The Bertz CT molecular complexity index is 3450. The predicted molar refractivity (Wildman–Crippen MR) is 324 cm³/mol. The number of aliphatic hydroxyl groups is 2. The van der Waals surface area contributed by atoms with Gasteiger partial charge in [0.1, 0.15) is 17.1 Å². The first-order valence-electron chi connectivity index (χ1n) is 26.4. The van der Waals surface area contributed by atoms with E-state index in [2.05, 4.69) is 56.8 Å². The number of halogens is 4. The molecule has 2 amide bonds. The van der Waals surface area contributed by atoms with Gasteiger partial charge < -0.3 is 29.3 Å². The van der Waals surface area contributed by atoms with E-state index in [9.17, 15) is 34.2 Å². The number of carbonyl (C=O) groups is 5. The van der Waals surface area contributed by atoms with E-state index in [0.29, 0.717) is 90.1 Å². The number of hydrogen-bond donors (Lipinski definition) is 2. The van der Waals surface area contributed by atoms with Gasteiger partial charge in [-0.3, -0.25) is 48.9 Å². The summed E-state index contributed by atoms with van der Waals surface area (Å²) in [6.45, 7) is 14.7. The molecular formula is C61H62BBr2Cl2N7O9. The number of hydrogen-bond acceptors (Lipinski definition) is 14. The Kier molecular flexibility index (Phi) is 21.8. The maximum absolute atomic E-state index is 12.8. The molecule has 3 saturated heterocycles. The van der Waals surface area contributed by atoms with E-state index in [1.165, 1.54) is 20.8 Å². The normalized spacial score (nSPS) is 15.6. The third kappa shape index (κ3) is 16.7. The number of rotatable bonds is 9. The number of nitrogens with zero attached hydrogens (tertiary/aromatic N) is 7. The topological polar surface area (TPSA) is 215 Å². The van der Waals surface area contributed by atoms with Gasteiger partial charge >= 0.3 is 7.12 Å². The van der Waals surface area contributed by atoms with E-state index in [0.717, 1.165) is 47.8 Å². The highest BCUT2D eigenvalue weighted by molar-refractivity contribution is 9.10. The predicted octanol–water partition coefficient (Wildman–Crippen LogP) is 11.7. The first-order chi connectivity index (χ1) is 38.9. The monoisotopic (exact) mass is 1280 g/mol. The summed E-state index contributed by atoms with van der Waals surface area (Å²) in [6, 6.07) is 25.1. The number of aromatic nitrogens is 5. The average Bonchev–Trinajstić information content (AvgIpc) is 3.78. The lowest BCUT2D eigenvalue weighted by Gasteiger charge is -2.32. The lowest BCUT2D eigenvalue weighted by molar-refractivity contribution is 0.00578. The summed E-state index contributed by atoms with van der Waals surface area (Å²) in [5.41, 5.74) is 7.47. The highest BCUT2D eigenvalue weighted by Gasteiger charge is 2.51. The fraction of sp³-hybridized carbons (Fsp3) is 0.311. The maximum atomic E-state index is 12.8. The van der Waals surface area contributed by atoms with Crippen molar-refractivity contribution >= 4 is 96.8 Å². The van der Waals surface area contributed by atoms with Crippen LogP contribution < -0.4 is 5.46 Å². The highest BCUT2D eigenvalue weighted by Crippen LogP contribution is 2.37. The summed E-state index contributed by atoms with van der Waals surface area (Å²) in [5, 5.41) is 20.2. The van der Waals surface area contributed by atoms with Crippen molar-refractivity contribution in [3.05, 3.63) is 176 Å². The third-order valence-corrected chi connectivity index (χ3v) is 15.8. The molecule has 0 unspecified atom stereocenters. The molecule has 3 aliphatic rings. The molecule has 2 N–H and O–H groups in total. The van der Waals surface area contributed by atoms with Crippen LogP contribution in [0.1, 0.15) is 126 Å². The van der Waals surface area contributed by atoms with Crippen molar-refractivity contribution in [2.45, 2.75) is 97.6 Å². The van der Waals surface area contributed by atoms with E-state index in [4.69, 9.17) is 32.5 Å². The zero-order chi connectivity index (χ0) is 59.5. The second-order valence-corrected chi connectivity index (χ2v) is 23.5. The number of pyridine rings is 5. The Labute approximate surface area is 504 Å². The average molecular weight is 1280 g/mol. The second-order valence-electron chi connectivity index (χ2n) is 20.8. The van der Waals surface area contributed by atoms with Gasteiger partial charge in [-0.2, -0.15) is 0 Å². The number of amides is 2. The first kappa shape index (κ1) is 63.2. The Hall–Kier alpha value is -6.42. The summed E-state index contributed by atoms with van der Waals surface area (Å²) >= 11 is 19.5. The molecule has 3 fully saturated rings. The van der Waals surface area contributed by atoms with Gasteiger partial charge in [-0.15, -0.1) is 0 Å². The van der Waals surface area contributed by atoms with E-state index >= 15 is 0 Å². The third-order valence-electron chi connectivity index (χ3n) is 14.2. The van der Waals surface area contributed by atoms with Crippen LogP contribution in [-0.4, -0.2) is 131 Å². The van der Waals surface area contributed by atoms with Crippen LogP contribution in [0.5, 0.6) is 0 Å². The van der Waals surface area contributed by atoms with Gasteiger partial charge in [0, 0.05) is 148 Å². The van der Waals surface area contributed by atoms with Gasteiger partial charge in [-0.25, -0.2) is 0 Å². The van der Waals surface area contributed by atoms with Gasteiger partial charge in [-0.1, -0.05) is 51.3 Å². The summed E-state index contributed by atoms with van der Waals surface area (Å²) in [5.74, 6) is -0.300. The van der Waals surface area contributed by atoms with Crippen LogP contribution in [0, 0.1) is 0 Å². The van der Waals surface area contributed by atoms with Crippen LogP contribution in [0.2, 0.25) is 10.0 Å². The molecule has 0 aliphatic carbocycles. The number of aliphatic hydroxyl groups excluding tert-OH is 2. The van der Waals surface area contributed by atoms with Crippen LogP contribution in [0.25, 0.3) is 33.4 Å². The van der Waals surface area contributed by atoms with Crippen LogP contribution >= 0.6 is 55.1 Å². The van der Waals surface area contributed by atoms with Crippen molar-refractivity contribution in [1.29, 1.82) is 0 Å². The molecule has 0 radical (unpaired) electrons. The number of ketones is 3. The van der Waals surface area contributed by atoms with Crippen molar-refractivity contribution in [1.82, 2.24) is 34.7 Å². The number of carbonyl (C=O) groups excluding carboxylic acids is 5. The smallest absolute Gasteiger partial charge is 0.399 e. The SMILES string of the molecule is CC(=O)c1cc(-c2cncc(-c3ccc(C(=O)N4CCC(O)CC4)cc3Cl)c2)ccn1.CC(=O)c1cc(B2OC(C)(C)C(C)(C)O2)ccn1.CC(=O)c1cc(Br)ccn1.O=C(c1ccc(-c2cncc(Br)c2)c(Cl)c1)N1CCC(O)CC1. The largest absolute Gasteiger partial charge is 0.494 e. The highest BCUT2D eigenvalue weighted by atomic mass is 79.9. The fourth-order valence-corrected chi connectivity index (χ4v) is 10.0. The lowest BCUT2D eigenvalue weighted by atomic mass is 9.79. The van der Waals surface area contributed by atoms with Gasteiger partial charge in [0.2, 0.25) is 0 Å². The fourth-order valence-electron chi connectivity index (χ4n) is 8.74. The van der Waals surface area contributed by atoms with Crippen LogP contribution in [0.4, 0.5) is 0 Å². The summed E-state index contributed by atoms with van der Waals surface area (Å²) in [4.78, 5) is 82.9. The number of Topliss-reactive ketones (excluding diaryl/α,β-unsaturated/α-hetero) is 3. The molecule has 5 aromatic heterocycles. The minimum absolute atomic E-state index is 0.0127. The van der Waals surface area contributed by atoms with Gasteiger partial charge in [0.05, 0.1) is 23.4 Å². The molecule has 21 heteroatoms. The van der Waals surface area contributed by atoms with Crippen LogP contribution in [0.15, 0.2) is 137 Å². The maximum Gasteiger partial charge on any atom is 0.494 e. The van der Waals surface area contributed by atoms with Gasteiger partial charge in [0.25, 0.3) is 11.8 Å². The summed E-state index contributed by atoms with van der Waals surface area (Å²) < 4.78 is 13.6. The van der Waals surface area contributed by atoms with Crippen molar-refractivity contribution in [3.8, 4) is 33.4 Å². The molecule has 10 rings (SSSR count). The molecule has 0 spiro atoms. The molecule has 426 valence electrons. The van der Waals surface area contributed by atoms with Gasteiger partial charge in [0.15, 0.2) is 17.3 Å². The van der Waals surface area contributed by atoms with E-state index in [-0.39, 0.29) is 52.6 Å². The summed E-state index contributed by atoms with van der Waals surface area (Å²) in [7, 11) is -0.448. The molecule has 2 aromatic carbocycles. The minimum Gasteiger partial charge on any atom is -0.399 e. The second kappa shape index (κ2) is 28.2. The van der Waals surface area contributed by atoms with Crippen molar-refractivity contribution in [3.63, 3.8) is 0 Å². The molecule has 3 aliphatic heterocycles. The first-order valence-corrected chi connectivity index (χ1v) is 28.8. The Morgan fingerprint density at radius 1 is 0.524 bits per heavy atom. The molecular weight excluding hydrogens is 1220 g/mol. The summed E-state index contributed by atoms with van der Waals surface area (Å²) in [6.07, 6.45) is 13.5. The zero-order valence-electron chi connectivity index (χ0n) is 46.4. The van der Waals surface area contributed by atoms with Crippen LogP contribution in [0.3, 0.4) is 0 Å². The number of likely N-dealkylation sites (tertiary alicyclic amines) is 2. The molecule has 7 aromatic rings. The molecule has 82 heavy (non-hydrogen) atoms. The van der Waals surface area contributed by atoms with Crippen molar-refractivity contribution in [2.24, 2.45) is 0 Å². The van der Waals surface area contributed by atoms with Gasteiger partial charge in [-0.05, 0) is 153 Å². The lowest BCUT2D eigenvalue weighted by Crippen LogP contribution is -2.41. The zero-order valence-corrected chi connectivity index (χ0v) is 51.1. The molecule has 8 heterocycles. The van der Waals surface area contributed by atoms with Crippen LogP contribution in [-0.2, 0) is 9.31 Å². The minimum atomic E-state index is -0.448. The number of piperidine rings is 2. The molecule has 0 saturated carbocycles. The Morgan fingerprint density at radius 3 is 1.40 bits per heavy atom. The Morgan fingerprint density at radius 2 is 0.951 bits per heavy atom. The quantitative estimate of drug-likeness (QED) is 0.102. The van der Waals surface area contributed by atoms with Crippen molar-refractivity contribution < 1.29 is 43.5 Å². The molecule has 0 bridgehead atoms. The standard InChI is InChI=1S/C24H22ClN3O3.C17H16BrClN2O2.C13H18BNO3.C7H6BrNO/c1-15(29)23-12-16(4-7-27-23)18-10-19(14-26-13-18)21-3-2-17(11-22(21)25)24(31)28-8-5-20(30)6-9-28;18-13-7-12(9-20-10-13)15-2-1-11(8-16(15)19)17(23)21-5-3-14(22)4-6-21;1-9(16)11-8-10(6-7-15-11)14-17-12(2,3)13(4,5)18-14;1-5(10)7-4-6(8)2-3-9-7/h2-4,7,10-14,20,30H,5-6,8-9H2,1H3;1-2,7-10,14,22H,3-6H2;6-8H,1-5H3;2-4H,1H3. The van der Waals surface area contributed by atoms with E-state index < -0.39 is 7.12 Å². The Balaban J connectivity index is 0.000000168. The molecule has 0 atom stereocenters. The number of benzene rings is 2. The molecule has 16 nitrogen and oxygen atoms in total. The van der Waals surface area contributed by atoms with E-state index in [1.807, 2.05) is 64.1 Å². The van der Waals surface area contributed by atoms with E-state index in [1.54, 1.807) is 102 Å².